The molecule has 0 aromatic heterocycles. The van der Waals surface area contributed by atoms with E-state index in [0.717, 1.165) is 102 Å². The van der Waals surface area contributed by atoms with E-state index in [-0.39, 0.29) is 25.7 Å². The SMILES string of the molecule is CCCCCCCCCCCCCCCCCCCCCC(=O)O[C@H](COC(=O)CCCCCCCCCCCCCCC)COP(=O)(O)OC[C@H](O)COP(=O)(O)OC[C@@H](COC(=O)CCCCCCCCCCCCCCCCCCCCC(C)C)OC(=O)CCCCCCCCCCCCCCCCCCCCC(C)C. The number of hydrogen-bond donors (Lipinski definition) is 3. The van der Waals surface area contributed by atoms with Crippen LogP contribution >= 0.6 is 15.6 Å². The molecule has 0 aromatic rings. The lowest BCUT2D eigenvalue weighted by Gasteiger charge is -2.21. The van der Waals surface area contributed by atoms with Crippen LogP contribution < -0.4 is 0 Å². The van der Waals surface area contributed by atoms with Gasteiger partial charge in [-0.15, -0.1) is 0 Å². The number of rotatable bonds is 94. The number of ether oxygens (including phenoxy) is 4. The van der Waals surface area contributed by atoms with E-state index in [1.807, 2.05) is 0 Å². The zero-order chi connectivity index (χ0) is 83.4. The van der Waals surface area contributed by atoms with Crippen LogP contribution in [0.15, 0.2) is 0 Å². The number of aliphatic hydroxyl groups is 1. The largest absolute Gasteiger partial charge is 0.472 e. The van der Waals surface area contributed by atoms with Gasteiger partial charge >= 0.3 is 39.5 Å². The third-order valence-electron chi connectivity index (χ3n) is 22.5. The highest BCUT2D eigenvalue weighted by molar-refractivity contribution is 7.47. The smallest absolute Gasteiger partial charge is 0.462 e. The monoisotopic (exact) mass is 1660 g/mol. The van der Waals surface area contributed by atoms with Crippen molar-refractivity contribution in [1.82, 2.24) is 0 Å². The molecule has 0 aromatic carbocycles. The Labute approximate surface area is 702 Å². The molecule has 0 heterocycles. The highest BCUT2D eigenvalue weighted by Crippen LogP contribution is 2.45. The number of phosphoric ester groups is 2. The van der Waals surface area contributed by atoms with Crippen LogP contribution in [0.2, 0.25) is 0 Å². The summed E-state index contributed by atoms with van der Waals surface area (Å²) in [6, 6.07) is 0. The first-order chi connectivity index (χ1) is 55.4. The number of hydrogen-bond acceptors (Lipinski definition) is 15. The molecule has 678 valence electrons. The van der Waals surface area contributed by atoms with E-state index in [2.05, 4.69) is 41.5 Å². The fourth-order valence-electron chi connectivity index (χ4n) is 15.0. The number of aliphatic hydroxyl groups excluding tert-OH is 1. The molecule has 0 spiro atoms. The van der Waals surface area contributed by atoms with Crippen molar-refractivity contribution < 1.29 is 80.2 Å². The van der Waals surface area contributed by atoms with Crippen LogP contribution in [0.1, 0.15) is 517 Å². The van der Waals surface area contributed by atoms with Crippen molar-refractivity contribution in [3.63, 3.8) is 0 Å². The highest BCUT2D eigenvalue weighted by atomic mass is 31.2. The Hall–Kier alpha value is -1.94. The minimum Gasteiger partial charge on any atom is -0.462 e. The van der Waals surface area contributed by atoms with Gasteiger partial charge in [-0.2, -0.15) is 0 Å². The van der Waals surface area contributed by atoms with Gasteiger partial charge in [-0.3, -0.25) is 37.3 Å². The third kappa shape index (κ3) is 87.9. The molecule has 0 aliphatic carbocycles. The minimum absolute atomic E-state index is 0.109. The van der Waals surface area contributed by atoms with Gasteiger partial charge in [-0.05, 0) is 37.5 Å². The van der Waals surface area contributed by atoms with Gasteiger partial charge < -0.3 is 33.8 Å². The maximum atomic E-state index is 13.2. The summed E-state index contributed by atoms with van der Waals surface area (Å²) < 4.78 is 69.2. The predicted octanol–water partition coefficient (Wildman–Crippen LogP) is 29.7. The zero-order valence-electron chi connectivity index (χ0n) is 75.4. The van der Waals surface area contributed by atoms with Gasteiger partial charge in [0, 0.05) is 25.7 Å². The molecule has 0 aliphatic heterocycles. The molecule has 17 nitrogen and oxygen atoms in total. The molecule has 19 heteroatoms. The number of unbranched alkanes of at least 4 members (excludes halogenated alkanes) is 64. The maximum Gasteiger partial charge on any atom is 0.472 e. The molecule has 0 saturated heterocycles. The number of esters is 4. The van der Waals surface area contributed by atoms with Gasteiger partial charge in [-0.25, -0.2) is 9.13 Å². The van der Waals surface area contributed by atoms with E-state index in [0.29, 0.717) is 25.7 Å². The standard InChI is InChI=1S/C95H186O17P2/c1-7-9-11-13-15-17-19-21-22-23-24-32-37-43-49-55-61-67-73-79-94(99)111-90(83-105-92(97)77-71-65-59-53-47-39-20-18-16-14-12-10-8-2)85-109-113(101,102)107-81-89(96)82-108-114(103,104)110-86-91(112-95(100)80-74-68-62-56-50-44-38-33-28-26-30-35-41-46-52-58-64-70-76-88(5)6)84-106-93(98)78-72-66-60-54-48-42-36-31-27-25-29-34-40-45-51-57-63-69-75-87(3)4/h87-91,96H,7-86H2,1-6H3,(H,101,102)(H,103,104)/t89-,90+,91+/m0/s1. The molecular weight excluding hydrogens is 1470 g/mol. The van der Waals surface area contributed by atoms with Gasteiger partial charge in [-0.1, -0.05) is 465 Å². The first kappa shape index (κ1) is 112. The Kier molecular flexibility index (Phi) is 84.6. The van der Waals surface area contributed by atoms with Crippen molar-refractivity contribution in [2.45, 2.75) is 535 Å². The summed E-state index contributed by atoms with van der Waals surface area (Å²) in [4.78, 5) is 73.6. The third-order valence-corrected chi connectivity index (χ3v) is 24.4. The van der Waals surface area contributed by atoms with Gasteiger partial charge in [0.1, 0.15) is 19.3 Å². The first-order valence-electron chi connectivity index (χ1n) is 49.0. The van der Waals surface area contributed by atoms with Crippen molar-refractivity contribution in [1.29, 1.82) is 0 Å². The Bertz CT molecular complexity index is 2170. The lowest BCUT2D eigenvalue weighted by molar-refractivity contribution is -0.161. The van der Waals surface area contributed by atoms with Gasteiger partial charge in [0.15, 0.2) is 12.2 Å². The predicted molar refractivity (Wildman–Crippen MR) is 474 cm³/mol. The topological polar surface area (TPSA) is 237 Å². The van der Waals surface area contributed by atoms with E-state index < -0.39 is 97.5 Å². The summed E-state index contributed by atoms with van der Waals surface area (Å²) in [5, 5.41) is 10.7. The Balaban J connectivity index is 5.25. The molecule has 0 saturated carbocycles. The van der Waals surface area contributed by atoms with Crippen LogP contribution in [0.3, 0.4) is 0 Å². The average molecular weight is 1660 g/mol. The first-order valence-corrected chi connectivity index (χ1v) is 52.0. The molecule has 0 fully saturated rings. The minimum atomic E-state index is -4.97. The summed E-state index contributed by atoms with van der Waals surface area (Å²) >= 11 is 0. The number of carbonyl (C=O) groups is 4. The second-order valence-electron chi connectivity index (χ2n) is 35.1. The van der Waals surface area contributed by atoms with Crippen LogP contribution in [-0.2, 0) is 65.4 Å². The number of carbonyl (C=O) groups excluding carboxylic acids is 4. The normalized spacial score (nSPS) is 13.7. The van der Waals surface area contributed by atoms with Gasteiger partial charge in [0.25, 0.3) is 0 Å². The molecule has 2 unspecified atom stereocenters. The van der Waals surface area contributed by atoms with Crippen molar-refractivity contribution in [3.05, 3.63) is 0 Å². The summed E-state index contributed by atoms with van der Waals surface area (Å²) in [5.74, 6) is -0.445. The van der Waals surface area contributed by atoms with Gasteiger partial charge in [0.2, 0.25) is 0 Å². The van der Waals surface area contributed by atoms with Crippen molar-refractivity contribution in [3.8, 4) is 0 Å². The summed E-state index contributed by atoms with van der Waals surface area (Å²) in [6.45, 7) is 9.81. The zero-order valence-corrected chi connectivity index (χ0v) is 77.2. The molecular formula is C95H186O17P2. The highest BCUT2D eigenvalue weighted by Gasteiger charge is 2.31. The Morgan fingerprint density at radius 2 is 0.404 bits per heavy atom. The van der Waals surface area contributed by atoms with Crippen LogP contribution in [0.25, 0.3) is 0 Å². The Morgan fingerprint density at radius 1 is 0.237 bits per heavy atom. The lowest BCUT2D eigenvalue weighted by Crippen LogP contribution is -2.30. The molecule has 0 radical (unpaired) electrons. The molecule has 5 atom stereocenters. The van der Waals surface area contributed by atoms with E-state index in [4.69, 9.17) is 37.0 Å². The molecule has 3 N–H and O–H groups in total. The fourth-order valence-corrected chi connectivity index (χ4v) is 16.6. The lowest BCUT2D eigenvalue weighted by atomic mass is 10.0. The van der Waals surface area contributed by atoms with Crippen molar-refractivity contribution in [2.75, 3.05) is 39.6 Å². The van der Waals surface area contributed by atoms with E-state index in [1.165, 1.54) is 334 Å². The second kappa shape index (κ2) is 86.0. The molecule has 0 amide bonds. The summed E-state index contributed by atoms with van der Waals surface area (Å²) in [7, 11) is -9.94. The second-order valence-corrected chi connectivity index (χ2v) is 38.0. The number of phosphoric acid groups is 2. The van der Waals surface area contributed by atoms with E-state index >= 15 is 0 Å². The van der Waals surface area contributed by atoms with Crippen LogP contribution in [0.4, 0.5) is 0 Å². The summed E-state index contributed by atoms with van der Waals surface area (Å²) in [5.41, 5.74) is 0. The van der Waals surface area contributed by atoms with Gasteiger partial charge in [0.05, 0.1) is 26.4 Å². The fraction of sp³-hybridized carbons (Fsp3) is 0.958. The quantitative estimate of drug-likeness (QED) is 0.0222. The van der Waals surface area contributed by atoms with Crippen LogP contribution in [0, 0.1) is 11.8 Å². The van der Waals surface area contributed by atoms with Crippen molar-refractivity contribution in [2.24, 2.45) is 11.8 Å². The molecule has 114 heavy (non-hydrogen) atoms. The van der Waals surface area contributed by atoms with Crippen LogP contribution in [-0.4, -0.2) is 96.7 Å². The maximum absolute atomic E-state index is 13.2. The van der Waals surface area contributed by atoms with Crippen LogP contribution in [0.5, 0.6) is 0 Å². The molecule has 0 aliphatic rings. The van der Waals surface area contributed by atoms with E-state index in [9.17, 15) is 43.2 Å². The summed E-state index contributed by atoms with van der Waals surface area (Å²) in [6.07, 6.45) is 82.0. The molecule has 0 rings (SSSR count). The molecule has 0 bridgehead atoms. The van der Waals surface area contributed by atoms with Crippen molar-refractivity contribution >= 4 is 39.5 Å². The van der Waals surface area contributed by atoms with E-state index in [1.54, 1.807) is 0 Å². The Morgan fingerprint density at radius 3 is 0.596 bits per heavy atom. The average Bonchev–Trinajstić information content (AvgIpc) is 0.899.